The number of aromatic nitrogens is 1. The van der Waals surface area contributed by atoms with Crippen molar-refractivity contribution in [2.45, 2.75) is 27.2 Å². The molecule has 0 aliphatic rings. The normalized spacial score (nSPS) is 11.0. The fraction of sp³-hybridized carbons (Fsp3) is 0.421. The number of methoxy groups -OCH3 is 1. The Morgan fingerprint density at radius 3 is 2.52 bits per heavy atom. The molecule has 23 heavy (non-hydrogen) atoms. The van der Waals surface area contributed by atoms with Crippen molar-refractivity contribution in [2.75, 3.05) is 26.8 Å². The van der Waals surface area contributed by atoms with Crippen molar-refractivity contribution in [2.24, 2.45) is 0 Å². The highest BCUT2D eigenvalue weighted by molar-refractivity contribution is 5.99. The number of ether oxygens (including phenoxy) is 1. The van der Waals surface area contributed by atoms with Crippen molar-refractivity contribution in [1.82, 2.24) is 9.88 Å². The first kappa shape index (κ1) is 17.4. The molecular formula is C19H26N2O2. The summed E-state index contributed by atoms with van der Waals surface area (Å²) in [5.41, 5.74) is 5.19. The van der Waals surface area contributed by atoms with Gasteiger partial charge < -0.3 is 14.6 Å². The Balaban J connectivity index is 2.11. The minimum atomic E-state index is 0.133. The minimum absolute atomic E-state index is 0.133. The van der Waals surface area contributed by atoms with Crippen LogP contribution in [0, 0.1) is 20.8 Å². The van der Waals surface area contributed by atoms with Crippen LogP contribution in [0.25, 0.3) is 5.69 Å². The van der Waals surface area contributed by atoms with Gasteiger partial charge in [-0.1, -0.05) is 17.7 Å². The van der Waals surface area contributed by atoms with E-state index in [1.165, 1.54) is 5.56 Å². The topological polar surface area (TPSA) is 43.3 Å². The molecule has 0 unspecified atom stereocenters. The molecule has 0 aliphatic carbocycles. The summed E-state index contributed by atoms with van der Waals surface area (Å²) in [6.07, 6.45) is 0.909. The van der Waals surface area contributed by atoms with Crippen molar-refractivity contribution >= 4 is 5.78 Å². The molecule has 0 spiro atoms. The Labute approximate surface area is 138 Å². The summed E-state index contributed by atoms with van der Waals surface area (Å²) in [5.74, 6) is 0.133. The van der Waals surface area contributed by atoms with Crippen LogP contribution in [0.5, 0.6) is 0 Å². The van der Waals surface area contributed by atoms with Gasteiger partial charge in [0.1, 0.15) is 0 Å². The maximum absolute atomic E-state index is 12.4. The van der Waals surface area contributed by atoms with Gasteiger partial charge in [-0.25, -0.2) is 0 Å². The minimum Gasteiger partial charge on any atom is -0.385 e. The van der Waals surface area contributed by atoms with E-state index in [0.29, 0.717) is 13.2 Å². The van der Waals surface area contributed by atoms with Crippen LogP contribution in [0.4, 0.5) is 0 Å². The highest BCUT2D eigenvalue weighted by atomic mass is 16.5. The number of ketones is 1. The molecule has 0 aliphatic heterocycles. The van der Waals surface area contributed by atoms with Gasteiger partial charge in [-0.05, 0) is 51.9 Å². The Bertz CT molecular complexity index is 657. The molecule has 4 heteroatoms. The van der Waals surface area contributed by atoms with E-state index in [2.05, 4.69) is 41.1 Å². The largest absolute Gasteiger partial charge is 0.385 e. The zero-order valence-corrected chi connectivity index (χ0v) is 14.5. The number of nitrogens with zero attached hydrogens (tertiary/aromatic N) is 1. The number of hydrogen-bond donors (Lipinski definition) is 1. The second-order valence-corrected chi connectivity index (χ2v) is 5.90. The zero-order valence-electron chi connectivity index (χ0n) is 14.5. The van der Waals surface area contributed by atoms with Gasteiger partial charge in [0, 0.05) is 36.4 Å². The Morgan fingerprint density at radius 1 is 1.17 bits per heavy atom. The summed E-state index contributed by atoms with van der Waals surface area (Å²) >= 11 is 0. The predicted octanol–water partition coefficient (Wildman–Crippen LogP) is 3.21. The number of nitrogens with one attached hydrogen (secondary N) is 1. The Hall–Kier alpha value is -1.91. The van der Waals surface area contributed by atoms with E-state index in [0.717, 1.165) is 35.6 Å². The van der Waals surface area contributed by atoms with Gasteiger partial charge in [-0.15, -0.1) is 0 Å². The molecule has 1 heterocycles. The third-order valence-corrected chi connectivity index (χ3v) is 4.01. The van der Waals surface area contributed by atoms with Crippen LogP contribution >= 0.6 is 0 Å². The van der Waals surface area contributed by atoms with Gasteiger partial charge in [0.2, 0.25) is 0 Å². The van der Waals surface area contributed by atoms with Gasteiger partial charge in [-0.2, -0.15) is 0 Å². The molecule has 1 aromatic carbocycles. The first-order valence-electron chi connectivity index (χ1n) is 8.03. The molecule has 0 radical (unpaired) electrons. The first-order valence-corrected chi connectivity index (χ1v) is 8.03. The van der Waals surface area contributed by atoms with Crippen LogP contribution < -0.4 is 5.32 Å². The van der Waals surface area contributed by atoms with E-state index in [4.69, 9.17) is 4.74 Å². The van der Waals surface area contributed by atoms with Gasteiger partial charge in [-0.3, -0.25) is 4.79 Å². The predicted molar refractivity (Wildman–Crippen MR) is 93.7 cm³/mol. The molecule has 0 amide bonds. The number of aryl methyl sites for hydroxylation is 2. The van der Waals surface area contributed by atoms with Crippen LogP contribution in [0.2, 0.25) is 0 Å². The fourth-order valence-electron chi connectivity index (χ4n) is 2.77. The quantitative estimate of drug-likeness (QED) is 0.601. The zero-order chi connectivity index (χ0) is 16.8. The summed E-state index contributed by atoms with van der Waals surface area (Å²) in [5, 5.41) is 3.18. The molecule has 0 saturated carbocycles. The molecule has 4 nitrogen and oxygen atoms in total. The van der Waals surface area contributed by atoms with Crippen molar-refractivity contribution in [3.8, 4) is 5.69 Å². The molecule has 0 atom stereocenters. The van der Waals surface area contributed by atoms with Crippen molar-refractivity contribution < 1.29 is 9.53 Å². The summed E-state index contributed by atoms with van der Waals surface area (Å²) in [4.78, 5) is 12.4. The molecule has 0 saturated heterocycles. The lowest BCUT2D eigenvalue weighted by Crippen LogP contribution is -2.25. The molecule has 124 valence electrons. The summed E-state index contributed by atoms with van der Waals surface area (Å²) in [7, 11) is 1.69. The average Bonchev–Trinajstić information content (AvgIpc) is 2.83. The standard InChI is InChI=1S/C19H26N2O2/c1-14-6-8-17(9-7-14)21-15(2)12-18(16(21)3)19(22)13-20-10-5-11-23-4/h6-9,12,20H,5,10-11,13H2,1-4H3. The number of carbonyl (C=O) groups is 1. The van der Waals surface area contributed by atoms with E-state index < -0.39 is 0 Å². The third kappa shape index (κ3) is 4.30. The monoisotopic (exact) mass is 314 g/mol. The third-order valence-electron chi connectivity index (χ3n) is 4.01. The highest BCUT2D eigenvalue weighted by Crippen LogP contribution is 2.21. The summed E-state index contributed by atoms with van der Waals surface area (Å²) in [6.45, 7) is 7.98. The van der Waals surface area contributed by atoms with Crippen molar-refractivity contribution in [1.29, 1.82) is 0 Å². The van der Waals surface area contributed by atoms with E-state index in [9.17, 15) is 4.79 Å². The van der Waals surface area contributed by atoms with Crippen LogP contribution in [-0.4, -0.2) is 37.2 Å². The average molecular weight is 314 g/mol. The lowest BCUT2D eigenvalue weighted by Gasteiger charge is -2.10. The molecule has 0 fully saturated rings. The lowest BCUT2D eigenvalue weighted by atomic mass is 10.1. The summed E-state index contributed by atoms with van der Waals surface area (Å²) < 4.78 is 7.14. The van der Waals surface area contributed by atoms with Crippen LogP contribution in [0.15, 0.2) is 30.3 Å². The second kappa shape index (κ2) is 8.09. The van der Waals surface area contributed by atoms with Gasteiger partial charge in [0.25, 0.3) is 0 Å². The lowest BCUT2D eigenvalue weighted by molar-refractivity contribution is 0.0989. The number of carbonyl (C=O) groups excluding carboxylic acids is 1. The van der Waals surface area contributed by atoms with Crippen LogP contribution in [0.1, 0.15) is 33.7 Å². The molecule has 1 N–H and O–H groups in total. The van der Waals surface area contributed by atoms with Gasteiger partial charge >= 0.3 is 0 Å². The van der Waals surface area contributed by atoms with E-state index in [-0.39, 0.29) is 5.78 Å². The number of benzene rings is 1. The maximum Gasteiger partial charge on any atom is 0.178 e. The van der Waals surface area contributed by atoms with Gasteiger partial charge in [0.05, 0.1) is 6.54 Å². The van der Waals surface area contributed by atoms with Gasteiger partial charge in [0.15, 0.2) is 5.78 Å². The number of hydrogen-bond acceptors (Lipinski definition) is 3. The second-order valence-electron chi connectivity index (χ2n) is 5.90. The highest BCUT2D eigenvalue weighted by Gasteiger charge is 2.16. The fourth-order valence-corrected chi connectivity index (χ4v) is 2.77. The number of Topliss-reactive ketones (excluding diaryl/α,β-unsaturated/α-hetero) is 1. The van der Waals surface area contributed by atoms with E-state index in [1.54, 1.807) is 7.11 Å². The molecule has 2 rings (SSSR count). The SMILES string of the molecule is COCCCNCC(=O)c1cc(C)n(-c2ccc(C)cc2)c1C. The maximum atomic E-state index is 12.4. The molecule has 0 bridgehead atoms. The van der Waals surface area contributed by atoms with Crippen LogP contribution in [0.3, 0.4) is 0 Å². The molecule has 1 aromatic heterocycles. The molecular weight excluding hydrogens is 288 g/mol. The Morgan fingerprint density at radius 2 is 1.87 bits per heavy atom. The Kier molecular flexibility index (Phi) is 6.13. The van der Waals surface area contributed by atoms with Crippen molar-refractivity contribution in [3.63, 3.8) is 0 Å². The smallest absolute Gasteiger partial charge is 0.178 e. The molecule has 2 aromatic rings. The van der Waals surface area contributed by atoms with E-state index >= 15 is 0 Å². The summed E-state index contributed by atoms with van der Waals surface area (Å²) in [6, 6.07) is 10.3. The van der Waals surface area contributed by atoms with E-state index in [1.807, 2.05) is 19.9 Å². The number of rotatable bonds is 8. The van der Waals surface area contributed by atoms with Crippen LogP contribution in [-0.2, 0) is 4.74 Å². The van der Waals surface area contributed by atoms with Crippen molar-refractivity contribution in [3.05, 3.63) is 52.8 Å². The first-order chi connectivity index (χ1) is 11.0.